The summed E-state index contributed by atoms with van der Waals surface area (Å²) in [4.78, 5) is 17.3. The number of rotatable bonds is 8. The molecule has 0 amide bonds. The summed E-state index contributed by atoms with van der Waals surface area (Å²) in [7, 11) is -2.26. The van der Waals surface area contributed by atoms with E-state index in [2.05, 4.69) is 0 Å². The number of hydrogen-bond acceptors (Lipinski definition) is 3. The summed E-state index contributed by atoms with van der Waals surface area (Å²) >= 11 is 0. The lowest BCUT2D eigenvalue weighted by Gasteiger charge is -2.01. The smallest absolute Gasteiger partial charge is 0.315 e. The maximum absolute atomic E-state index is 8.67. The van der Waals surface area contributed by atoms with Gasteiger partial charge in [-0.3, -0.25) is 0 Å². The third-order valence-electron chi connectivity index (χ3n) is 1.92. The molecular weight excluding hydrogens is 170 g/mol. The SMILES string of the molecule is NCCCCCCCC[SiH](O)O. The van der Waals surface area contributed by atoms with Gasteiger partial charge in [0.1, 0.15) is 0 Å². The minimum atomic E-state index is -2.26. The van der Waals surface area contributed by atoms with Gasteiger partial charge >= 0.3 is 9.28 Å². The number of nitrogens with two attached hydrogens (primary N) is 1. The summed E-state index contributed by atoms with van der Waals surface area (Å²) in [5, 5.41) is 0. The second-order valence-corrected chi connectivity index (χ2v) is 4.72. The second-order valence-electron chi connectivity index (χ2n) is 3.18. The van der Waals surface area contributed by atoms with Crippen LogP contribution >= 0.6 is 0 Å². The summed E-state index contributed by atoms with van der Waals surface area (Å²) in [5.74, 6) is 0. The van der Waals surface area contributed by atoms with Crippen molar-refractivity contribution in [1.82, 2.24) is 0 Å². The number of unbranched alkanes of at least 4 members (excludes halogenated alkanes) is 5. The first kappa shape index (κ1) is 12.1. The molecule has 0 spiro atoms. The molecule has 0 bridgehead atoms. The average Bonchev–Trinajstić information content (AvgIpc) is 2.02. The van der Waals surface area contributed by atoms with Gasteiger partial charge in [-0.05, 0) is 19.0 Å². The van der Waals surface area contributed by atoms with E-state index in [0.29, 0.717) is 6.04 Å². The van der Waals surface area contributed by atoms with Gasteiger partial charge in [-0.2, -0.15) is 0 Å². The van der Waals surface area contributed by atoms with Crippen LogP contribution in [-0.4, -0.2) is 25.4 Å². The Bertz CT molecular complexity index is 91.1. The standard InChI is InChI=1S/C8H21NO2Si/c9-7-5-3-1-2-4-6-8-12(10)11/h10-12H,1-9H2. The Morgan fingerprint density at radius 3 is 1.83 bits per heavy atom. The molecular formula is C8H21NO2Si. The summed E-state index contributed by atoms with van der Waals surface area (Å²) in [6, 6.07) is 0.650. The average molecular weight is 191 g/mol. The molecule has 0 unspecified atom stereocenters. The van der Waals surface area contributed by atoms with Crippen LogP contribution < -0.4 is 5.73 Å². The van der Waals surface area contributed by atoms with Crippen LogP contribution in [0.3, 0.4) is 0 Å². The van der Waals surface area contributed by atoms with Gasteiger partial charge in [0.25, 0.3) is 0 Å². The predicted molar refractivity (Wildman–Crippen MR) is 53.2 cm³/mol. The van der Waals surface area contributed by atoms with E-state index in [9.17, 15) is 0 Å². The summed E-state index contributed by atoms with van der Waals surface area (Å²) in [6.07, 6.45) is 6.90. The Kier molecular flexibility index (Phi) is 9.26. The van der Waals surface area contributed by atoms with Crippen molar-refractivity contribution in [3.63, 3.8) is 0 Å². The Morgan fingerprint density at radius 2 is 1.33 bits per heavy atom. The highest BCUT2D eigenvalue weighted by molar-refractivity contribution is 6.40. The fourth-order valence-electron chi connectivity index (χ4n) is 1.18. The van der Waals surface area contributed by atoms with Gasteiger partial charge in [0.15, 0.2) is 0 Å². The molecule has 0 aromatic rings. The molecule has 0 saturated heterocycles. The molecule has 4 N–H and O–H groups in total. The van der Waals surface area contributed by atoms with Gasteiger partial charge in [-0.25, -0.2) is 0 Å². The van der Waals surface area contributed by atoms with Crippen LogP contribution in [0.4, 0.5) is 0 Å². The molecule has 0 fully saturated rings. The molecule has 0 saturated carbocycles. The second kappa shape index (κ2) is 9.19. The molecule has 0 aromatic heterocycles. The maximum Gasteiger partial charge on any atom is 0.315 e. The Morgan fingerprint density at radius 1 is 0.833 bits per heavy atom. The highest BCUT2D eigenvalue weighted by Crippen LogP contribution is 2.07. The zero-order valence-corrected chi connectivity index (χ0v) is 8.86. The fraction of sp³-hybridized carbons (Fsp3) is 1.00. The monoisotopic (exact) mass is 191 g/mol. The van der Waals surface area contributed by atoms with Crippen LogP contribution in [0, 0.1) is 0 Å². The fourth-order valence-corrected chi connectivity index (χ4v) is 1.83. The molecule has 74 valence electrons. The zero-order valence-electron chi connectivity index (χ0n) is 7.71. The lowest BCUT2D eigenvalue weighted by molar-refractivity contribution is 0.401. The lowest BCUT2D eigenvalue weighted by Crippen LogP contribution is -2.09. The molecule has 3 nitrogen and oxygen atoms in total. The van der Waals surface area contributed by atoms with Gasteiger partial charge in [-0.15, -0.1) is 0 Å². The molecule has 0 rings (SSSR count). The maximum atomic E-state index is 8.67. The molecule has 0 aliphatic rings. The van der Waals surface area contributed by atoms with Gasteiger partial charge in [0, 0.05) is 0 Å². The minimum Gasteiger partial charge on any atom is -0.413 e. The molecule has 0 aliphatic heterocycles. The third kappa shape index (κ3) is 10.1. The molecule has 0 heterocycles. The Labute approximate surface area is 76.4 Å². The molecule has 0 aliphatic carbocycles. The van der Waals surface area contributed by atoms with E-state index < -0.39 is 9.28 Å². The topological polar surface area (TPSA) is 66.5 Å². The highest BCUT2D eigenvalue weighted by Gasteiger charge is 1.99. The van der Waals surface area contributed by atoms with Crippen LogP contribution in [0.5, 0.6) is 0 Å². The van der Waals surface area contributed by atoms with E-state index in [1.807, 2.05) is 0 Å². The van der Waals surface area contributed by atoms with Gasteiger partial charge in [-0.1, -0.05) is 32.1 Å². The van der Waals surface area contributed by atoms with Gasteiger partial charge in [0.2, 0.25) is 0 Å². The molecule has 0 aromatic carbocycles. The van der Waals surface area contributed by atoms with E-state index in [0.717, 1.165) is 25.8 Å². The first-order chi connectivity index (χ1) is 5.77. The van der Waals surface area contributed by atoms with E-state index in [-0.39, 0.29) is 0 Å². The van der Waals surface area contributed by atoms with Crippen LogP contribution in [0.15, 0.2) is 0 Å². The van der Waals surface area contributed by atoms with Crippen molar-refractivity contribution in [2.75, 3.05) is 6.54 Å². The van der Waals surface area contributed by atoms with Crippen LogP contribution in [0.1, 0.15) is 38.5 Å². The van der Waals surface area contributed by atoms with Crippen molar-refractivity contribution < 1.29 is 9.59 Å². The first-order valence-corrected chi connectivity index (χ1v) is 6.68. The first-order valence-electron chi connectivity index (χ1n) is 4.83. The quantitative estimate of drug-likeness (QED) is 0.386. The summed E-state index contributed by atoms with van der Waals surface area (Å²) < 4.78 is 0. The molecule has 0 atom stereocenters. The lowest BCUT2D eigenvalue weighted by atomic mass is 10.1. The van der Waals surface area contributed by atoms with Crippen molar-refractivity contribution in [1.29, 1.82) is 0 Å². The number of hydrogen-bond donors (Lipinski definition) is 3. The Balaban J connectivity index is 2.82. The van der Waals surface area contributed by atoms with Crippen molar-refractivity contribution >= 4 is 9.28 Å². The molecule has 0 radical (unpaired) electrons. The zero-order chi connectivity index (χ0) is 9.23. The normalized spacial score (nSPS) is 11.0. The van der Waals surface area contributed by atoms with Crippen LogP contribution in [0.25, 0.3) is 0 Å². The predicted octanol–water partition coefficient (Wildman–Crippen LogP) is 0.491. The third-order valence-corrected chi connectivity index (χ3v) is 2.84. The van der Waals surface area contributed by atoms with Gasteiger partial charge < -0.3 is 15.3 Å². The van der Waals surface area contributed by atoms with Crippen LogP contribution in [-0.2, 0) is 0 Å². The van der Waals surface area contributed by atoms with E-state index in [1.54, 1.807) is 0 Å². The van der Waals surface area contributed by atoms with Gasteiger partial charge in [0.05, 0.1) is 0 Å². The van der Waals surface area contributed by atoms with E-state index >= 15 is 0 Å². The van der Waals surface area contributed by atoms with E-state index in [4.69, 9.17) is 15.3 Å². The highest BCUT2D eigenvalue weighted by atomic mass is 28.3. The summed E-state index contributed by atoms with van der Waals surface area (Å²) in [6.45, 7) is 0.794. The van der Waals surface area contributed by atoms with Crippen LogP contribution in [0.2, 0.25) is 6.04 Å². The summed E-state index contributed by atoms with van der Waals surface area (Å²) in [5.41, 5.74) is 5.35. The molecule has 4 heteroatoms. The van der Waals surface area contributed by atoms with Crippen molar-refractivity contribution in [2.24, 2.45) is 5.73 Å². The molecule has 12 heavy (non-hydrogen) atoms. The van der Waals surface area contributed by atoms with Crippen molar-refractivity contribution in [2.45, 2.75) is 44.6 Å². The van der Waals surface area contributed by atoms with Crippen molar-refractivity contribution in [3.05, 3.63) is 0 Å². The minimum absolute atomic E-state index is 0.650. The largest absolute Gasteiger partial charge is 0.413 e. The Hall–Kier alpha value is 0.0969. The van der Waals surface area contributed by atoms with E-state index in [1.165, 1.54) is 19.3 Å². The van der Waals surface area contributed by atoms with Crippen molar-refractivity contribution in [3.8, 4) is 0 Å².